The van der Waals surface area contributed by atoms with E-state index in [9.17, 15) is 10.2 Å². The molecule has 0 aromatic heterocycles. The van der Waals surface area contributed by atoms with Crippen LogP contribution in [0.2, 0.25) is 0 Å². The Balaban J connectivity index is 2.28. The fraction of sp³-hybridized carbons (Fsp3) is 0.294. The van der Waals surface area contributed by atoms with Crippen LogP contribution in [0.5, 0.6) is 0 Å². The molecule has 0 spiro atoms. The number of aliphatic hydroxyl groups is 2. The Kier molecular flexibility index (Phi) is 5.30. The molecule has 0 fully saturated rings. The minimum absolute atomic E-state index is 0.515. The number of nitrogens with one attached hydrogen (secondary N) is 1. The van der Waals surface area contributed by atoms with Crippen LogP contribution < -0.4 is 5.32 Å². The Morgan fingerprint density at radius 3 is 2.30 bits per heavy atom. The molecule has 0 radical (unpaired) electrons. The van der Waals surface area contributed by atoms with Crippen LogP contribution in [-0.2, 0) is 0 Å². The Hall–Kier alpha value is -1.68. The molecule has 3 heteroatoms. The highest BCUT2D eigenvalue weighted by Gasteiger charge is 2.20. The van der Waals surface area contributed by atoms with Gasteiger partial charge < -0.3 is 15.5 Å². The van der Waals surface area contributed by atoms with Gasteiger partial charge in [-0.05, 0) is 36.7 Å². The first kappa shape index (κ1) is 14.7. The number of rotatable bonds is 6. The lowest BCUT2D eigenvalue weighted by Gasteiger charge is -2.21. The maximum absolute atomic E-state index is 10.4. The molecule has 0 saturated carbocycles. The number of hydrogen-bond acceptors (Lipinski definition) is 3. The normalized spacial score (nSPS) is 13.9. The smallest absolute Gasteiger partial charge is 0.105 e. The van der Waals surface area contributed by atoms with Crippen molar-refractivity contribution >= 4 is 0 Å². The van der Waals surface area contributed by atoms with Crippen LogP contribution in [0.25, 0.3) is 11.1 Å². The van der Waals surface area contributed by atoms with Crippen molar-refractivity contribution in [1.82, 2.24) is 5.32 Å². The molecule has 2 rings (SSSR count). The largest absolute Gasteiger partial charge is 0.390 e. The van der Waals surface area contributed by atoms with Gasteiger partial charge >= 0.3 is 0 Å². The lowest BCUT2D eigenvalue weighted by Crippen LogP contribution is -2.23. The van der Waals surface area contributed by atoms with Crippen LogP contribution >= 0.6 is 0 Å². The van der Waals surface area contributed by atoms with Gasteiger partial charge in [0.25, 0.3) is 0 Å². The molecule has 0 aliphatic rings. The summed E-state index contributed by atoms with van der Waals surface area (Å²) in [4.78, 5) is 0. The minimum Gasteiger partial charge on any atom is -0.390 e. The van der Waals surface area contributed by atoms with E-state index < -0.39 is 12.2 Å². The molecule has 3 nitrogen and oxygen atoms in total. The van der Waals surface area contributed by atoms with Crippen molar-refractivity contribution in [2.75, 3.05) is 13.6 Å². The van der Waals surface area contributed by atoms with Gasteiger partial charge in [0.1, 0.15) is 6.10 Å². The summed E-state index contributed by atoms with van der Waals surface area (Å²) in [7, 11) is 1.83. The molecule has 2 unspecified atom stereocenters. The first-order chi connectivity index (χ1) is 9.74. The predicted octanol–water partition coefficient (Wildman–Crippen LogP) is 2.36. The molecule has 2 atom stereocenters. The third-order valence-corrected chi connectivity index (χ3v) is 3.42. The Labute approximate surface area is 119 Å². The summed E-state index contributed by atoms with van der Waals surface area (Å²) >= 11 is 0. The first-order valence-corrected chi connectivity index (χ1v) is 6.89. The summed E-state index contributed by atoms with van der Waals surface area (Å²) in [5.74, 6) is 0. The lowest BCUT2D eigenvalue weighted by atomic mass is 9.93. The fourth-order valence-corrected chi connectivity index (χ4v) is 2.29. The van der Waals surface area contributed by atoms with Gasteiger partial charge in [-0.3, -0.25) is 0 Å². The van der Waals surface area contributed by atoms with Gasteiger partial charge in [0.05, 0.1) is 6.10 Å². The van der Waals surface area contributed by atoms with Crippen molar-refractivity contribution in [3.8, 4) is 11.1 Å². The SMILES string of the molecule is CNCCC(O)C(O)c1ccccc1-c1ccccc1. The van der Waals surface area contributed by atoms with E-state index in [0.717, 1.165) is 16.7 Å². The highest BCUT2D eigenvalue weighted by atomic mass is 16.3. The average Bonchev–Trinajstić information content (AvgIpc) is 2.52. The number of benzene rings is 2. The summed E-state index contributed by atoms with van der Waals surface area (Å²) in [6.45, 7) is 0.672. The van der Waals surface area contributed by atoms with E-state index in [1.54, 1.807) is 0 Å². The molecular formula is C17H21NO2. The average molecular weight is 271 g/mol. The van der Waals surface area contributed by atoms with Crippen molar-refractivity contribution in [3.63, 3.8) is 0 Å². The third-order valence-electron chi connectivity index (χ3n) is 3.42. The molecular weight excluding hydrogens is 250 g/mol. The highest BCUT2D eigenvalue weighted by molar-refractivity contribution is 5.67. The van der Waals surface area contributed by atoms with Crippen LogP contribution in [-0.4, -0.2) is 29.9 Å². The van der Waals surface area contributed by atoms with E-state index in [1.165, 1.54) is 0 Å². The molecule has 0 amide bonds. The Morgan fingerprint density at radius 2 is 1.60 bits per heavy atom. The topological polar surface area (TPSA) is 52.5 Å². The maximum atomic E-state index is 10.4. The van der Waals surface area contributed by atoms with Gasteiger partial charge in [-0.2, -0.15) is 0 Å². The zero-order valence-electron chi connectivity index (χ0n) is 11.7. The van der Waals surface area contributed by atoms with Crippen LogP contribution in [0, 0.1) is 0 Å². The molecule has 0 saturated heterocycles. The summed E-state index contributed by atoms with van der Waals surface area (Å²) in [5.41, 5.74) is 2.77. The van der Waals surface area contributed by atoms with E-state index in [4.69, 9.17) is 0 Å². The van der Waals surface area contributed by atoms with Crippen LogP contribution in [0.4, 0.5) is 0 Å². The van der Waals surface area contributed by atoms with Crippen LogP contribution in [0.15, 0.2) is 54.6 Å². The van der Waals surface area contributed by atoms with Gasteiger partial charge in [0.15, 0.2) is 0 Å². The second-order valence-electron chi connectivity index (χ2n) is 4.86. The molecule has 0 heterocycles. The van der Waals surface area contributed by atoms with Crippen molar-refractivity contribution in [2.45, 2.75) is 18.6 Å². The minimum atomic E-state index is -0.875. The zero-order chi connectivity index (χ0) is 14.4. The van der Waals surface area contributed by atoms with Crippen molar-refractivity contribution in [3.05, 3.63) is 60.2 Å². The predicted molar refractivity (Wildman–Crippen MR) is 81.4 cm³/mol. The van der Waals surface area contributed by atoms with Crippen molar-refractivity contribution < 1.29 is 10.2 Å². The molecule has 2 aromatic rings. The number of aliphatic hydroxyl groups excluding tert-OH is 2. The fourth-order valence-electron chi connectivity index (χ4n) is 2.29. The molecule has 2 aromatic carbocycles. The van der Waals surface area contributed by atoms with Crippen molar-refractivity contribution in [1.29, 1.82) is 0 Å². The molecule has 0 bridgehead atoms. The van der Waals surface area contributed by atoms with Gasteiger partial charge in [0, 0.05) is 0 Å². The van der Waals surface area contributed by atoms with E-state index in [-0.39, 0.29) is 0 Å². The summed E-state index contributed by atoms with van der Waals surface area (Å²) in [5, 5.41) is 23.4. The Bertz CT molecular complexity index is 528. The summed E-state index contributed by atoms with van der Waals surface area (Å²) in [6, 6.07) is 17.6. The molecule has 20 heavy (non-hydrogen) atoms. The maximum Gasteiger partial charge on any atom is 0.105 e. The monoisotopic (exact) mass is 271 g/mol. The first-order valence-electron chi connectivity index (χ1n) is 6.89. The van der Waals surface area contributed by atoms with Gasteiger partial charge in [-0.1, -0.05) is 54.6 Å². The summed E-state index contributed by atoms with van der Waals surface area (Å²) in [6.07, 6.45) is -1.13. The second kappa shape index (κ2) is 7.20. The van der Waals surface area contributed by atoms with E-state index >= 15 is 0 Å². The summed E-state index contributed by atoms with van der Waals surface area (Å²) < 4.78 is 0. The molecule has 0 aliphatic carbocycles. The van der Waals surface area contributed by atoms with E-state index in [1.807, 2.05) is 61.6 Å². The van der Waals surface area contributed by atoms with Gasteiger partial charge in [-0.25, -0.2) is 0 Å². The van der Waals surface area contributed by atoms with E-state index in [2.05, 4.69) is 5.32 Å². The van der Waals surface area contributed by atoms with Gasteiger partial charge in [-0.15, -0.1) is 0 Å². The quantitative estimate of drug-likeness (QED) is 0.756. The van der Waals surface area contributed by atoms with Crippen LogP contribution in [0.1, 0.15) is 18.1 Å². The highest BCUT2D eigenvalue weighted by Crippen LogP contribution is 2.30. The molecule has 106 valence electrons. The third kappa shape index (κ3) is 3.45. The van der Waals surface area contributed by atoms with Crippen molar-refractivity contribution in [2.24, 2.45) is 0 Å². The molecule has 0 aliphatic heterocycles. The van der Waals surface area contributed by atoms with E-state index in [0.29, 0.717) is 13.0 Å². The Morgan fingerprint density at radius 1 is 0.950 bits per heavy atom. The number of hydrogen-bond donors (Lipinski definition) is 3. The van der Waals surface area contributed by atoms with Crippen LogP contribution in [0.3, 0.4) is 0 Å². The second-order valence-corrected chi connectivity index (χ2v) is 4.86. The standard InChI is InChI=1S/C17H21NO2/c1-18-12-11-16(19)17(20)15-10-6-5-9-14(15)13-7-3-2-4-8-13/h2-10,16-20H,11-12H2,1H3. The van der Waals surface area contributed by atoms with Gasteiger partial charge in [0.2, 0.25) is 0 Å². The zero-order valence-corrected chi connectivity index (χ0v) is 11.7. The molecule has 3 N–H and O–H groups in total. The lowest BCUT2D eigenvalue weighted by molar-refractivity contribution is 0.0143.